The number of carbonyl (C=O) groups is 1. The Morgan fingerprint density at radius 3 is 2.80 bits per heavy atom. The second kappa shape index (κ2) is 7.15. The summed E-state index contributed by atoms with van der Waals surface area (Å²) in [4.78, 5) is 12.8. The minimum absolute atomic E-state index is 0. The lowest BCUT2D eigenvalue weighted by molar-refractivity contribution is -0.166. The van der Waals surface area contributed by atoms with Gasteiger partial charge in [-0.3, -0.25) is 4.79 Å². The molecule has 0 spiro atoms. The number of anilines is 1. The zero-order valence-electron chi connectivity index (χ0n) is 14.7. The number of amides is 1. The molecule has 0 saturated heterocycles. The molecule has 1 fully saturated rings. The summed E-state index contributed by atoms with van der Waals surface area (Å²) < 4.78 is 7.43. The van der Waals surface area contributed by atoms with Crippen LogP contribution in [0.25, 0.3) is 5.69 Å². The Bertz CT molecular complexity index is 732. The van der Waals surface area contributed by atoms with Gasteiger partial charge in [0.1, 0.15) is 5.54 Å². The Balaban J connectivity index is 0.00000225. The van der Waals surface area contributed by atoms with Crippen LogP contribution in [0, 0.1) is 5.41 Å². The van der Waals surface area contributed by atoms with Gasteiger partial charge in [0.15, 0.2) is 0 Å². The van der Waals surface area contributed by atoms with E-state index >= 15 is 0 Å². The molecule has 1 amide bonds. The number of nitrogens with two attached hydrogens (primary N) is 1. The molecule has 1 saturated carbocycles. The Morgan fingerprint density at radius 1 is 1.44 bits per heavy atom. The monoisotopic (exact) mass is 364 g/mol. The summed E-state index contributed by atoms with van der Waals surface area (Å²) in [7, 11) is 0. The third-order valence-corrected chi connectivity index (χ3v) is 5.11. The Morgan fingerprint density at radius 2 is 2.20 bits per heavy atom. The Hall–Kier alpha value is -1.89. The Labute approximate surface area is 154 Å². The molecular formula is C18H25ClN4O2. The van der Waals surface area contributed by atoms with Gasteiger partial charge in [0, 0.05) is 36.5 Å². The van der Waals surface area contributed by atoms with Gasteiger partial charge in [-0.2, -0.15) is 5.10 Å². The fourth-order valence-electron chi connectivity index (χ4n) is 3.21. The normalized spacial score (nSPS) is 24.1. The van der Waals surface area contributed by atoms with Crippen molar-refractivity contribution in [3.63, 3.8) is 0 Å². The number of rotatable bonds is 5. The predicted octanol–water partition coefficient (Wildman–Crippen LogP) is 2.77. The molecule has 1 aliphatic rings. The van der Waals surface area contributed by atoms with Crippen LogP contribution < -0.4 is 11.1 Å². The summed E-state index contributed by atoms with van der Waals surface area (Å²) in [5.41, 5.74) is 6.65. The van der Waals surface area contributed by atoms with Crippen molar-refractivity contribution in [1.29, 1.82) is 0 Å². The van der Waals surface area contributed by atoms with E-state index in [1.807, 2.05) is 57.3 Å². The molecule has 7 heteroatoms. The highest BCUT2D eigenvalue weighted by Gasteiger charge is 2.62. The number of nitrogens with zero attached hydrogens (tertiary/aromatic N) is 2. The molecule has 2 unspecified atom stereocenters. The molecule has 6 nitrogen and oxygen atoms in total. The minimum Gasteiger partial charge on any atom is -0.378 e. The molecule has 136 valence electrons. The molecule has 0 radical (unpaired) electrons. The molecule has 1 aliphatic carbocycles. The first kappa shape index (κ1) is 19.4. The molecular weight excluding hydrogens is 340 g/mol. The molecule has 1 aromatic carbocycles. The van der Waals surface area contributed by atoms with Crippen LogP contribution in [-0.2, 0) is 9.53 Å². The van der Waals surface area contributed by atoms with Gasteiger partial charge in [-0.1, -0.05) is 19.9 Å². The van der Waals surface area contributed by atoms with Crippen molar-refractivity contribution in [1.82, 2.24) is 9.78 Å². The molecule has 25 heavy (non-hydrogen) atoms. The van der Waals surface area contributed by atoms with Crippen LogP contribution in [-0.4, -0.2) is 33.9 Å². The van der Waals surface area contributed by atoms with Gasteiger partial charge in [0.2, 0.25) is 5.91 Å². The van der Waals surface area contributed by atoms with Gasteiger partial charge in [-0.05, 0) is 31.2 Å². The summed E-state index contributed by atoms with van der Waals surface area (Å²) in [6.45, 7) is 6.54. The summed E-state index contributed by atoms with van der Waals surface area (Å²) in [6.07, 6.45) is 4.10. The van der Waals surface area contributed by atoms with Crippen molar-refractivity contribution in [2.75, 3.05) is 11.9 Å². The maximum Gasteiger partial charge on any atom is 0.245 e. The second-order valence-electron chi connectivity index (χ2n) is 6.80. The smallest absolute Gasteiger partial charge is 0.245 e. The van der Waals surface area contributed by atoms with Crippen LogP contribution in [0.15, 0.2) is 42.7 Å². The van der Waals surface area contributed by atoms with Gasteiger partial charge in [-0.15, -0.1) is 12.4 Å². The number of carbonyl (C=O) groups excluding carboxylic acids is 1. The van der Waals surface area contributed by atoms with Crippen LogP contribution in [0.3, 0.4) is 0 Å². The van der Waals surface area contributed by atoms with E-state index in [1.54, 1.807) is 10.9 Å². The molecule has 0 bridgehead atoms. The number of nitrogens with one attached hydrogen (secondary N) is 1. The van der Waals surface area contributed by atoms with E-state index in [1.165, 1.54) is 0 Å². The van der Waals surface area contributed by atoms with Gasteiger partial charge < -0.3 is 15.8 Å². The van der Waals surface area contributed by atoms with E-state index in [0.717, 1.165) is 5.69 Å². The summed E-state index contributed by atoms with van der Waals surface area (Å²) in [5.74, 6) is -0.180. The summed E-state index contributed by atoms with van der Waals surface area (Å²) in [6, 6.07) is 9.38. The number of hydrogen-bond donors (Lipinski definition) is 2. The largest absolute Gasteiger partial charge is 0.378 e. The fourth-order valence-corrected chi connectivity index (χ4v) is 3.21. The van der Waals surface area contributed by atoms with Gasteiger partial charge in [0.25, 0.3) is 0 Å². The third kappa shape index (κ3) is 3.29. The highest BCUT2D eigenvalue weighted by molar-refractivity contribution is 6.00. The lowest BCUT2D eigenvalue weighted by Gasteiger charge is -2.57. The first-order valence-corrected chi connectivity index (χ1v) is 8.20. The van der Waals surface area contributed by atoms with Crippen molar-refractivity contribution in [3.05, 3.63) is 42.7 Å². The van der Waals surface area contributed by atoms with E-state index < -0.39 is 11.0 Å². The molecule has 2 atom stereocenters. The summed E-state index contributed by atoms with van der Waals surface area (Å²) in [5, 5.41) is 7.14. The summed E-state index contributed by atoms with van der Waals surface area (Å²) >= 11 is 0. The van der Waals surface area contributed by atoms with Crippen molar-refractivity contribution < 1.29 is 9.53 Å². The maximum atomic E-state index is 12.8. The van der Waals surface area contributed by atoms with Crippen LogP contribution >= 0.6 is 12.4 Å². The molecule has 2 aromatic rings. The lowest BCUT2D eigenvalue weighted by Crippen LogP contribution is -2.74. The maximum absolute atomic E-state index is 12.8. The zero-order valence-corrected chi connectivity index (χ0v) is 15.5. The number of hydrogen-bond acceptors (Lipinski definition) is 4. The average Bonchev–Trinajstić information content (AvgIpc) is 3.09. The zero-order chi connectivity index (χ0) is 17.4. The second-order valence-corrected chi connectivity index (χ2v) is 6.80. The van der Waals surface area contributed by atoms with E-state index in [9.17, 15) is 4.79 Å². The van der Waals surface area contributed by atoms with Gasteiger partial charge >= 0.3 is 0 Å². The van der Waals surface area contributed by atoms with E-state index in [2.05, 4.69) is 10.4 Å². The molecule has 0 aliphatic heterocycles. The lowest BCUT2D eigenvalue weighted by atomic mass is 9.54. The van der Waals surface area contributed by atoms with Gasteiger partial charge in [0.05, 0.1) is 11.8 Å². The molecule has 1 aromatic heterocycles. The van der Waals surface area contributed by atoms with Crippen LogP contribution in [0.2, 0.25) is 0 Å². The first-order valence-electron chi connectivity index (χ1n) is 8.20. The Kier molecular flexibility index (Phi) is 5.56. The SMILES string of the molecule is CCOC1CC(N)(C(=O)Nc2cccc(-n3cccn3)c2)C1(C)C.Cl. The predicted molar refractivity (Wildman–Crippen MR) is 100 cm³/mol. The molecule has 3 rings (SSSR count). The quantitative estimate of drug-likeness (QED) is 0.854. The van der Waals surface area contributed by atoms with Crippen molar-refractivity contribution in [2.45, 2.75) is 38.8 Å². The number of aromatic nitrogens is 2. The van der Waals surface area contributed by atoms with Crippen molar-refractivity contribution in [2.24, 2.45) is 11.1 Å². The average molecular weight is 365 g/mol. The fraction of sp³-hybridized carbons (Fsp3) is 0.444. The van der Waals surface area contributed by atoms with E-state index in [4.69, 9.17) is 10.5 Å². The topological polar surface area (TPSA) is 82.2 Å². The highest BCUT2D eigenvalue weighted by atomic mass is 35.5. The molecule has 1 heterocycles. The van der Waals surface area contributed by atoms with E-state index in [-0.39, 0.29) is 24.4 Å². The minimum atomic E-state index is -0.936. The van der Waals surface area contributed by atoms with Crippen molar-refractivity contribution >= 4 is 24.0 Å². The van der Waals surface area contributed by atoms with Crippen LogP contribution in [0.5, 0.6) is 0 Å². The standard InChI is InChI=1S/C18H24N4O2.ClH/c1-4-24-15-12-18(19,17(15,2)3)16(23)21-13-7-5-8-14(11-13)22-10-6-9-20-22;/h5-11,15H,4,12,19H2,1-3H3,(H,21,23);1H. The number of ether oxygens (including phenoxy) is 1. The van der Waals surface area contributed by atoms with Crippen LogP contribution in [0.1, 0.15) is 27.2 Å². The first-order chi connectivity index (χ1) is 11.4. The van der Waals surface area contributed by atoms with Crippen LogP contribution in [0.4, 0.5) is 5.69 Å². The molecule has 3 N–H and O–H groups in total. The van der Waals surface area contributed by atoms with E-state index in [0.29, 0.717) is 18.7 Å². The van der Waals surface area contributed by atoms with Gasteiger partial charge in [-0.25, -0.2) is 4.68 Å². The van der Waals surface area contributed by atoms with Crippen molar-refractivity contribution in [3.8, 4) is 5.69 Å². The highest BCUT2D eigenvalue weighted by Crippen LogP contribution is 2.50. The number of benzene rings is 1. The third-order valence-electron chi connectivity index (χ3n) is 5.11. The number of halogens is 1.